The van der Waals surface area contributed by atoms with E-state index in [4.69, 9.17) is 0 Å². The molecule has 0 saturated heterocycles. The summed E-state index contributed by atoms with van der Waals surface area (Å²) >= 11 is 1.77. The molecular formula is C12H23N3S. The van der Waals surface area contributed by atoms with Crippen molar-refractivity contribution in [1.82, 2.24) is 15.2 Å². The molecule has 1 heterocycles. The molecule has 0 aliphatic carbocycles. The molecule has 0 fully saturated rings. The number of hydrogen-bond donors (Lipinski definition) is 1. The first-order valence-electron chi connectivity index (χ1n) is 5.71. The van der Waals surface area contributed by atoms with Crippen molar-refractivity contribution in [2.45, 2.75) is 32.7 Å². The lowest BCUT2D eigenvalue weighted by Crippen LogP contribution is -2.27. The molecular weight excluding hydrogens is 218 g/mol. The van der Waals surface area contributed by atoms with E-state index in [9.17, 15) is 0 Å². The van der Waals surface area contributed by atoms with Crippen molar-refractivity contribution in [3.05, 3.63) is 16.1 Å². The Hall–Kier alpha value is -0.450. The van der Waals surface area contributed by atoms with E-state index in [2.05, 4.69) is 48.4 Å². The van der Waals surface area contributed by atoms with Gasteiger partial charge < -0.3 is 5.32 Å². The Kier molecular flexibility index (Phi) is 4.89. The van der Waals surface area contributed by atoms with Crippen LogP contribution in [0.3, 0.4) is 0 Å². The molecule has 0 unspecified atom stereocenters. The molecule has 1 aromatic rings. The Labute approximate surface area is 103 Å². The van der Waals surface area contributed by atoms with Crippen molar-refractivity contribution in [3.63, 3.8) is 0 Å². The first kappa shape index (κ1) is 13.6. The summed E-state index contributed by atoms with van der Waals surface area (Å²) in [5.41, 5.74) is 1.37. The lowest BCUT2D eigenvalue weighted by Gasteiger charge is -2.16. The molecule has 3 nitrogen and oxygen atoms in total. The average Bonchev–Trinajstić information content (AvgIpc) is 2.62. The summed E-state index contributed by atoms with van der Waals surface area (Å²) in [4.78, 5) is 6.98. The van der Waals surface area contributed by atoms with Gasteiger partial charge in [0.15, 0.2) is 0 Å². The summed E-state index contributed by atoms with van der Waals surface area (Å²) in [7, 11) is 4.12. The quantitative estimate of drug-likeness (QED) is 0.855. The molecule has 0 aliphatic heterocycles. The van der Waals surface area contributed by atoms with Crippen LogP contribution in [0.1, 0.15) is 31.5 Å². The van der Waals surface area contributed by atoms with Gasteiger partial charge in [0, 0.05) is 23.9 Å². The topological polar surface area (TPSA) is 28.2 Å². The Morgan fingerprint density at radius 3 is 2.62 bits per heavy atom. The van der Waals surface area contributed by atoms with E-state index in [1.165, 1.54) is 10.7 Å². The second kappa shape index (κ2) is 5.75. The van der Waals surface area contributed by atoms with E-state index >= 15 is 0 Å². The van der Waals surface area contributed by atoms with Gasteiger partial charge in [-0.25, -0.2) is 4.98 Å². The van der Waals surface area contributed by atoms with Crippen LogP contribution >= 0.6 is 11.3 Å². The van der Waals surface area contributed by atoms with Crippen LogP contribution in [0, 0.1) is 0 Å². The van der Waals surface area contributed by atoms with Gasteiger partial charge in [-0.1, -0.05) is 20.8 Å². The van der Waals surface area contributed by atoms with Gasteiger partial charge in [0.25, 0.3) is 0 Å². The van der Waals surface area contributed by atoms with Crippen molar-refractivity contribution >= 4 is 11.3 Å². The molecule has 4 heteroatoms. The Morgan fingerprint density at radius 1 is 1.44 bits per heavy atom. The lowest BCUT2D eigenvalue weighted by atomic mass is 9.93. The fourth-order valence-electron chi connectivity index (χ4n) is 1.34. The fraction of sp³-hybridized carbons (Fsp3) is 0.750. The summed E-state index contributed by atoms with van der Waals surface area (Å²) in [6.45, 7) is 9.64. The van der Waals surface area contributed by atoms with Crippen LogP contribution in [-0.4, -0.2) is 37.1 Å². The molecule has 1 rings (SSSR count). The fourth-order valence-corrected chi connectivity index (χ4v) is 2.44. The molecule has 0 aliphatic rings. The van der Waals surface area contributed by atoms with Gasteiger partial charge in [0.2, 0.25) is 0 Å². The molecule has 0 saturated carbocycles. The third-order valence-electron chi connectivity index (χ3n) is 2.47. The Morgan fingerprint density at radius 2 is 2.12 bits per heavy atom. The zero-order chi connectivity index (χ0) is 12.2. The van der Waals surface area contributed by atoms with Gasteiger partial charge in [0.1, 0.15) is 5.01 Å². The third kappa shape index (κ3) is 4.20. The van der Waals surface area contributed by atoms with Gasteiger partial charge in [0.05, 0.1) is 12.2 Å². The molecule has 0 bridgehead atoms. The largest absolute Gasteiger partial charge is 0.318 e. The van der Waals surface area contributed by atoms with E-state index < -0.39 is 0 Å². The maximum absolute atomic E-state index is 4.69. The minimum Gasteiger partial charge on any atom is -0.318 e. The highest BCUT2D eigenvalue weighted by molar-refractivity contribution is 7.09. The van der Waals surface area contributed by atoms with E-state index in [1.807, 2.05) is 7.05 Å². The number of rotatable bonds is 5. The molecule has 0 amide bonds. The van der Waals surface area contributed by atoms with Gasteiger partial charge in [-0.15, -0.1) is 11.3 Å². The smallest absolute Gasteiger partial charge is 0.107 e. The summed E-state index contributed by atoms with van der Waals surface area (Å²) in [5.74, 6) is 0. The van der Waals surface area contributed by atoms with E-state index in [1.54, 1.807) is 11.3 Å². The maximum Gasteiger partial charge on any atom is 0.107 e. The zero-order valence-corrected chi connectivity index (χ0v) is 11.8. The summed E-state index contributed by atoms with van der Waals surface area (Å²) in [5, 5.41) is 6.55. The van der Waals surface area contributed by atoms with Crippen molar-refractivity contribution in [1.29, 1.82) is 0 Å². The van der Waals surface area contributed by atoms with E-state index in [0.29, 0.717) is 0 Å². The number of thiazole rings is 1. The summed E-state index contributed by atoms with van der Waals surface area (Å²) < 4.78 is 0. The molecule has 0 radical (unpaired) electrons. The number of hydrogen-bond acceptors (Lipinski definition) is 4. The molecule has 16 heavy (non-hydrogen) atoms. The third-order valence-corrected chi connectivity index (χ3v) is 3.30. The number of likely N-dealkylation sites (N-methyl/N-ethyl adjacent to an activating group) is 2. The van der Waals surface area contributed by atoms with Crippen LogP contribution in [0.2, 0.25) is 0 Å². The van der Waals surface area contributed by atoms with Crippen LogP contribution in [-0.2, 0) is 12.0 Å². The molecule has 0 spiro atoms. The van der Waals surface area contributed by atoms with E-state index in [0.717, 1.165) is 19.6 Å². The lowest BCUT2D eigenvalue weighted by molar-refractivity contribution is 0.327. The van der Waals surface area contributed by atoms with Crippen molar-refractivity contribution in [2.75, 3.05) is 27.2 Å². The molecule has 0 aromatic carbocycles. The number of aromatic nitrogens is 1. The van der Waals surface area contributed by atoms with Crippen LogP contribution in [0.25, 0.3) is 0 Å². The first-order valence-corrected chi connectivity index (χ1v) is 6.59. The monoisotopic (exact) mass is 241 g/mol. The van der Waals surface area contributed by atoms with Crippen molar-refractivity contribution in [2.24, 2.45) is 0 Å². The standard InChI is InChI=1S/C12H23N3S/c1-12(2,3)10-9-16-11(14-10)8-15(5)7-6-13-4/h9,13H,6-8H2,1-5H3. The van der Waals surface area contributed by atoms with E-state index in [-0.39, 0.29) is 5.41 Å². The van der Waals surface area contributed by atoms with Crippen LogP contribution in [0.5, 0.6) is 0 Å². The Balaban J connectivity index is 2.52. The van der Waals surface area contributed by atoms with Crippen LogP contribution in [0.15, 0.2) is 5.38 Å². The average molecular weight is 241 g/mol. The highest BCUT2D eigenvalue weighted by Crippen LogP contribution is 2.24. The van der Waals surface area contributed by atoms with Crippen molar-refractivity contribution in [3.8, 4) is 0 Å². The molecule has 0 atom stereocenters. The van der Waals surface area contributed by atoms with Crippen LogP contribution < -0.4 is 5.32 Å². The SMILES string of the molecule is CNCCN(C)Cc1nc(C(C)(C)C)cs1. The predicted molar refractivity (Wildman–Crippen MR) is 71.1 cm³/mol. The summed E-state index contributed by atoms with van der Waals surface area (Å²) in [6.07, 6.45) is 0. The highest BCUT2D eigenvalue weighted by Gasteiger charge is 2.17. The van der Waals surface area contributed by atoms with Crippen molar-refractivity contribution < 1.29 is 0 Å². The maximum atomic E-state index is 4.69. The molecule has 92 valence electrons. The molecule has 1 aromatic heterocycles. The minimum atomic E-state index is 0.165. The highest BCUT2D eigenvalue weighted by atomic mass is 32.1. The second-order valence-corrected chi connectivity index (χ2v) is 6.16. The minimum absolute atomic E-state index is 0.165. The number of nitrogens with zero attached hydrogens (tertiary/aromatic N) is 2. The first-order chi connectivity index (χ1) is 7.43. The molecule has 1 N–H and O–H groups in total. The van der Waals surface area contributed by atoms with Gasteiger partial charge in [-0.2, -0.15) is 0 Å². The van der Waals surface area contributed by atoms with Gasteiger partial charge in [-0.05, 0) is 14.1 Å². The van der Waals surface area contributed by atoms with Crippen LogP contribution in [0.4, 0.5) is 0 Å². The zero-order valence-electron chi connectivity index (χ0n) is 11.0. The number of nitrogens with one attached hydrogen (secondary N) is 1. The Bertz CT molecular complexity index is 314. The normalized spacial score (nSPS) is 12.4. The summed E-state index contributed by atoms with van der Waals surface area (Å²) in [6, 6.07) is 0. The van der Waals surface area contributed by atoms with Gasteiger partial charge >= 0.3 is 0 Å². The second-order valence-electron chi connectivity index (χ2n) is 5.22. The van der Waals surface area contributed by atoms with Gasteiger partial charge in [-0.3, -0.25) is 4.90 Å². The predicted octanol–water partition coefficient (Wildman–Crippen LogP) is 2.09.